The number of nitrogens with zero attached hydrogens (tertiary/aromatic N) is 1. The third-order valence-electron chi connectivity index (χ3n) is 8.79. The molecule has 0 bridgehead atoms. The van der Waals surface area contributed by atoms with E-state index in [2.05, 4.69) is 77.8 Å². The monoisotopic (exact) mass is 777 g/mol. The van der Waals surface area contributed by atoms with Gasteiger partial charge < -0.3 is 29.4 Å². The average molecular weight is 777 g/mol. The normalized spacial score (nSPS) is 11.7. The first-order chi connectivity index (χ1) is 26.9. The van der Waals surface area contributed by atoms with Crippen molar-refractivity contribution >= 4 is 17.5 Å². The number of carbonyl (C=O) groups is 1. The minimum atomic E-state index is -0.801. The van der Waals surface area contributed by atoms with Crippen LogP contribution in [0.15, 0.2) is 83.7 Å². The molecule has 310 valence electrons. The summed E-state index contributed by atoms with van der Waals surface area (Å²) in [7, 11) is 5.09. The van der Waals surface area contributed by atoms with Crippen LogP contribution in [0.3, 0.4) is 0 Å². The Morgan fingerprint density at radius 1 is 0.839 bits per heavy atom. The number of H-pyrrole nitrogens is 1. The third-order valence-corrected chi connectivity index (χ3v) is 8.79. The van der Waals surface area contributed by atoms with Gasteiger partial charge in [0.1, 0.15) is 22.8 Å². The summed E-state index contributed by atoms with van der Waals surface area (Å²) in [6.45, 7) is 18.8. The molecule has 3 aromatic carbocycles. The predicted molar refractivity (Wildman–Crippen MR) is 229 cm³/mol. The minimum absolute atomic E-state index is 0.0181. The van der Waals surface area contributed by atoms with Crippen LogP contribution in [-0.4, -0.2) is 68.2 Å². The number of benzene rings is 3. The molecule has 56 heavy (non-hydrogen) atoms. The van der Waals surface area contributed by atoms with Gasteiger partial charge in [-0.25, -0.2) is 4.98 Å². The summed E-state index contributed by atoms with van der Waals surface area (Å²) < 4.78 is 23.3. The van der Waals surface area contributed by atoms with E-state index >= 15 is 0 Å². The van der Waals surface area contributed by atoms with Crippen molar-refractivity contribution in [2.75, 3.05) is 51.7 Å². The van der Waals surface area contributed by atoms with Crippen LogP contribution >= 0.6 is 0 Å². The predicted octanol–water partition coefficient (Wildman–Crippen LogP) is 8.98. The van der Waals surface area contributed by atoms with Crippen LogP contribution in [-0.2, 0) is 19.9 Å². The highest BCUT2D eigenvalue weighted by atomic mass is 16.5. The maximum atomic E-state index is 12.0. The Labute approximate surface area is 335 Å². The lowest BCUT2D eigenvalue weighted by atomic mass is 9.80. The van der Waals surface area contributed by atoms with Crippen LogP contribution in [0.5, 0.6) is 11.5 Å². The molecule has 2 unspecified atom stereocenters. The lowest BCUT2D eigenvalue weighted by molar-refractivity contribution is -0.118. The number of hydrogen-bond acceptors (Lipinski definition) is 9. The highest BCUT2D eigenvalue weighted by Gasteiger charge is 2.38. The number of aromatic amines is 1. The fraction of sp³-hybridized carbons (Fsp3) is 0.489. The Bertz CT molecular complexity index is 1650. The molecular weight excluding hydrogens is 709 g/mol. The number of aliphatic hydroxyl groups is 1. The van der Waals surface area contributed by atoms with Crippen LogP contribution in [0.2, 0.25) is 0 Å². The number of rotatable bonds is 17. The van der Waals surface area contributed by atoms with Crippen molar-refractivity contribution in [1.82, 2.24) is 9.97 Å². The summed E-state index contributed by atoms with van der Waals surface area (Å²) in [5, 5.41) is 13.3. The third kappa shape index (κ3) is 15.1. The molecule has 1 heterocycles. The van der Waals surface area contributed by atoms with Crippen molar-refractivity contribution in [1.29, 1.82) is 0 Å². The van der Waals surface area contributed by atoms with Crippen molar-refractivity contribution in [2.24, 2.45) is 11.8 Å². The molecule has 11 heteroatoms. The van der Waals surface area contributed by atoms with E-state index in [0.29, 0.717) is 23.9 Å². The molecule has 4 N–H and O–H groups in total. The number of anilines is 2. The van der Waals surface area contributed by atoms with Crippen LogP contribution in [0, 0.1) is 18.8 Å². The first-order valence-corrected chi connectivity index (χ1v) is 19.7. The molecule has 4 rings (SSSR count). The molecule has 0 spiro atoms. The Morgan fingerprint density at radius 3 is 1.75 bits per heavy atom. The average Bonchev–Trinajstić information content (AvgIpc) is 3.22. The topological polar surface area (TPSA) is 144 Å². The van der Waals surface area contributed by atoms with E-state index < -0.39 is 5.60 Å². The van der Waals surface area contributed by atoms with Gasteiger partial charge in [0.15, 0.2) is 0 Å². The number of carbonyl (C=O) groups excluding carboxylic acids is 1. The van der Waals surface area contributed by atoms with E-state index in [1.54, 1.807) is 49.0 Å². The minimum Gasteiger partial charge on any atom is -0.497 e. The van der Waals surface area contributed by atoms with Gasteiger partial charge >= 0.3 is 0 Å². The van der Waals surface area contributed by atoms with Gasteiger partial charge in [-0.05, 0) is 67.1 Å². The zero-order chi connectivity index (χ0) is 42.1. The molecule has 0 aliphatic rings. The number of ether oxygens (including phenoxy) is 4. The van der Waals surface area contributed by atoms with Gasteiger partial charge in [0.25, 0.3) is 5.56 Å². The number of hydrogen-bond donors (Lipinski definition) is 4. The van der Waals surface area contributed by atoms with Crippen LogP contribution in [0.1, 0.15) is 97.0 Å². The number of methoxy groups -OCH3 is 3. The lowest BCUT2D eigenvalue weighted by Gasteiger charge is -2.37. The number of aromatic nitrogens is 2. The van der Waals surface area contributed by atoms with Crippen molar-refractivity contribution in [3.63, 3.8) is 0 Å². The Hall–Kier alpha value is -4.71. The van der Waals surface area contributed by atoms with E-state index in [1.807, 2.05) is 56.3 Å². The van der Waals surface area contributed by atoms with Gasteiger partial charge in [0, 0.05) is 26.2 Å². The van der Waals surface area contributed by atoms with Gasteiger partial charge in [0.05, 0.1) is 32.6 Å². The summed E-state index contributed by atoms with van der Waals surface area (Å²) in [6.07, 6.45) is 3.03. The Balaban J connectivity index is 0.000000541. The lowest BCUT2D eigenvalue weighted by Crippen LogP contribution is -2.36. The maximum Gasteiger partial charge on any atom is 0.275 e. The van der Waals surface area contributed by atoms with E-state index in [-0.39, 0.29) is 36.0 Å². The molecule has 0 fully saturated rings. The zero-order valence-corrected chi connectivity index (χ0v) is 35.8. The molecule has 4 aromatic rings. The molecule has 1 amide bonds. The second-order valence-corrected chi connectivity index (χ2v) is 13.2. The quantitative estimate of drug-likeness (QED) is 0.0773. The van der Waals surface area contributed by atoms with E-state index in [9.17, 15) is 9.59 Å². The Morgan fingerprint density at radius 2 is 1.34 bits per heavy atom. The highest BCUT2D eigenvalue weighted by molar-refractivity contribution is 5.90. The van der Waals surface area contributed by atoms with Crippen LogP contribution < -0.4 is 25.7 Å². The van der Waals surface area contributed by atoms with Crippen LogP contribution in [0.4, 0.5) is 11.6 Å². The largest absolute Gasteiger partial charge is 0.497 e. The molecule has 0 saturated heterocycles. The van der Waals surface area contributed by atoms with Gasteiger partial charge in [-0.2, -0.15) is 0 Å². The van der Waals surface area contributed by atoms with Crippen molar-refractivity contribution in [2.45, 2.75) is 93.3 Å². The standard InChI is InChI=1S/C27H32O4.C14H24N4O2.C2H6O.C2H6/c1-5-9-26(30-4)20-31-27(21-10-7-6-8-11-21,22-12-16-24(28-2)17-13-22)23-14-18-25(29-3)19-15-23;1-6-9(4)7-15-11-10(5)16-14(18-13(11)20)17-12(19)8(2)3;1-2-3;1-2/h6-8,10-19,26H,5,9,20H2,1-4H3;8-9,15H,6-7H2,1-5H3,(H2,16,17,18,19,20);3H,2H2,1H3;1-2H3. The van der Waals surface area contributed by atoms with Crippen molar-refractivity contribution < 1.29 is 28.8 Å². The summed E-state index contributed by atoms with van der Waals surface area (Å²) in [5.41, 5.74) is 3.08. The fourth-order valence-corrected chi connectivity index (χ4v) is 5.42. The number of aryl methyl sites for hydroxylation is 1. The van der Waals surface area contributed by atoms with Gasteiger partial charge in [0.2, 0.25) is 11.9 Å². The molecule has 0 radical (unpaired) electrons. The van der Waals surface area contributed by atoms with Crippen molar-refractivity contribution in [3.8, 4) is 11.5 Å². The second kappa shape index (κ2) is 27.0. The summed E-state index contributed by atoms with van der Waals surface area (Å²) in [4.78, 5) is 30.4. The highest BCUT2D eigenvalue weighted by Crippen LogP contribution is 2.42. The molecule has 2 atom stereocenters. The molecular formula is C45H68N4O7. The number of nitrogens with one attached hydrogen (secondary N) is 3. The fourth-order valence-electron chi connectivity index (χ4n) is 5.42. The van der Waals surface area contributed by atoms with Crippen LogP contribution in [0.25, 0.3) is 0 Å². The Kier molecular flexibility index (Phi) is 23.8. The SMILES string of the molecule is CC.CCC(C)CNc1c(C)nc(NC(=O)C(C)C)[nH]c1=O.CCCC(COC(c1ccccc1)(c1ccc(OC)cc1)c1ccc(OC)cc1)OC.CCO. The van der Waals surface area contributed by atoms with E-state index in [4.69, 9.17) is 24.1 Å². The summed E-state index contributed by atoms with van der Waals surface area (Å²) >= 11 is 0. The van der Waals surface area contributed by atoms with Gasteiger partial charge in [-0.15, -0.1) is 0 Å². The van der Waals surface area contributed by atoms with Gasteiger partial charge in [-0.1, -0.05) is 116 Å². The van der Waals surface area contributed by atoms with E-state index in [1.165, 1.54) is 0 Å². The first kappa shape index (κ1) is 49.3. The molecule has 0 aliphatic heterocycles. The molecule has 0 saturated carbocycles. The van der Waals surface area contributed by atoms with Gasteiger partial charge in [-0.3, -0.25) is 19.9 Å². The zero-order valence-electron chi connectivity index (χ0n) is 35.8. The maximum absolute atomic E-state index is 12.0. The first-order valence-electron chi connectivity index (χ1n) is 19.7. The van der Waals surface area contributed by atoms with E-state index in [0.717, 1.165) is 54.0 Å². The summed E-state index contributed by atoms with van der Waals surface area (Å²) in [5.74, 6) is 1.95. The number of aliphatic hydroxyl groups excluding tert-OH is 1. The molecule has 1 aromatic heterocycles. The molecule has 11 nitrogen and oxygen atoms in total. The molecule has 0 aliphatic carbocycles. The van der Waals surface area contributed by atoms with Crippen molar-refractivity contribution in [3.05, 3.63) is 112 Å². The smallest absolute Gasteiger partial charge is 0.275 e. The summed E-state index contributed by atoms with van der Waals surface area (Å²) in [6, 6.07) is 26.5. The second-order valence-electron chi connectivity index (χ2n) is 13.2. The number of amides is 1.